The maximum Gasteiger partial charge on any atom is 0.237 e. The Hall–Kier alpha value is -1.10. The molecule has 1 amide bonds. The van der Waals surface area contributed by atoms with Gasteiger partial charge in [-0.2, -0.15) is 0 Å². The van der Waals surface area contributed by atoms with Crippen LogP contribution < -0.4 is 10.6 Å². The summed E-state index contributed by atoms with van der Waals surface area (Å²) in [6.07, 6.45) is 0.0469. The van der Waals surface area contributed by atoms with Crippen molar-refractivity contribution in [2.45, 2.75) is 31.5 Å². The summed E-state index contributed by atoms with van der Waals surface area (Å²) in [5, 5.41) is 16.0. The van der Waals surface area contributed by atoms with E-state index in [1.165, 1.54) is 0 Å². The molecule has 1 saturated heterocycles. The van der Waals surface area contributed by atoms with E-state index in [0.29, 0.717) is 18.0 Å². The molecule has 98 valence electrons. The monoisotopic (exact) mass is 268 g/mol. The second-order valence-corrected chi connectivity index (χ2v) is 5.07. The number of nitrogens with one attached hydrogen (secondary N) is 2. The van der Waals surface area contributed by atoms with Crippen LogP contribution in [-0.4, -0.2) is 29.7 Å². The van der Waals surface area contributed by atoms with Crippen LogP contribution in [-0.2, 0) is 4.79 Å². The molecule has 2 rings (SSSR count). The van der Waals surface area contributed by atoms with Gasteiger partial charge in [0.15, 0.2) is 0 Å². The number of β-amino-alcohol motifs (C(OH)–C–C–N with tert-alkyl or cyclic N) is 1. The highest BCUT2D eigenvalue weighted by atomic mass is 35.5. The van der Waals surface area contributed by atoms with E-state index in [4.69, 9.17) is 11.6 Å². The van der Waals surface area contributed by atoms with Crippen molar-refractivity contribution in [2.75, 3.05) is 6.54 Å². The van der Waals surface area contributed by atoms with Gasteiger partial charge in [-0.1, -0.05) is 23.7 Å². The number of rotatable bonds is 3. The van der Waals surface area contributed by atoms with E-state index in [0.717, 1.165) is 5.56 Å². The fourth-order valence-electron chi connectivity index (χ4n) is 2.07. The maximum atomic E-state index is 11.9. The first kappa shape index (κ1) is 13.3. The molecule has 0 aliphatic carbocycles. The van der Waals surface area contributed by atoms with E-state index in [1.54, 1.807) is 12.1 Å². The Bertz CT molecular complexity index is 422. The minimum atomic E-state index is -0.424. The third kappa shape index (κ3) is 3.22. The summed E-state index contributed by atoms with van der Waals surface area (Å²) in [6.45, 7) is 2.40. The van der Waals surface area contributed by atoms with Crippen molar-refractivity contribution in [3.8, 4) is 0 Å². The molecular weight excluding hydrogens is 252 g/mol. The molecule has 0 unspecified atom stereocenters. The van der Waals surface area contributed by atoms with Gasteiger partial charge in [0.25, 0.3) is 0 Å². The zero-order valence-corrected chi connectivity index (χ0v) is 10.9. The summed E-state index contributed by atoms with van der Waals surface area (Å²) in [6, 6.07) is 7.02. The largest absolute Gasteiger partial charge is 0.392 e. The van der Waals surface area contributed by atoms with Crippen LogP contribution in [0.4, 0.5) is 0 Å². The van der Waals surface area contributed by atoms with E-state index >= 15 is 0 Å². The van der Waals surface area contributed by atoms with Gasteiger partial charge in [0.05, 0.1) is 18.2 Å². The van der Waals surface area contributed by atoms with Crippen molar-refractivity contribution < 1.29 is 9.90 Å². The first-order valence-corrected chi connectivity index (χ1v) is 6.41. The Morgan fingerprint density at radius 2 is 2.17 bits per heavy atom. The smallest absolute Gasteiger partial charge is 0.237 e. The Kier molecular flexibility index (Phi) is 4.22. The molecule has 1 aromatic rings. The van der Waals surface area contributed by atoms with Crippen LogP contribution in [0.15, 0.2) is 24.3 Å². The summed E-state index contributed by atoms with van der Waals surface area (Å²) in [5.41, 5.74) is 1.01. The van der Waals surface area contributed by atoms with Gasteiger partial charge in [-0.25, -0.2) is 0 Å². The minimum absolute atomic E-state index is 0.0747. The minimum Gasteiger partial charge on any atom is -0.392 e. The molecule has 0 aromatic heterocycles. The van der Waals surface area contributed by atoms with E-state index in [1.807, 2.05) is 19.1 Å². The first-order chi connectivity index (χ1) is 8.56. The average Bonchev–Trinajstić information content (AvgIpc) is 2.76. The number of amides is 1. The highest BCUT2D eigenvalue weighted by Crippen LogP contribution is 2.16. The lowest BCUT2D eigenvalue weighted by molar-refractivity contribution is -0.123. The molecule has 18 heavy (non-hydrogen) atoms. The molecule has 1 heterocycles. The number of carbonyl (C=O) groups excluding carboxylic acids is 1. The lowest BCUT2D eigenvalue weighted by atomic mass is 10.1. The number of aliphatic hydroxyl groups is 1. The molecular formula is C13H17ClN2O2. The Labute approximate surface area is 111 Å². The normalized spacial score (nSPS) is 24.8. The molecule has 3 atom stereocenters. The Morgan fingerprint density at radius 3 is 2.72 bits per heavy atom. The molecule has 1 aliphatic heterocycles. The van der Waals surface area contributed by atoms with Crippen LogP contribution in [0.1, 0.15) is 24.9 Å². The Balaban J connectivity index is 1.92. The summed E-state index contributed by atoms with van der Waals surface area (Å²) in [4.78, 5) is 11.9. The zero-order valence-electron chi connectivity index (χ0n) is 10.2. The van der Waals surface area contributed by atoms with Gasteiger partial charge < -0.3 is 15.7 Å². The van der Waals surface area contributed by atoms with Crippen LogP contribution >= 0.6 is 11.6 Å². The molecule has 1 aliphatic rings. The first-order valence-electron chi connectivity index (χ1n) is 6.03. The van der Waals surface area contributed by atoms with Crippen molar-refractivity contribution in [1.82, 2.24) is 10.6 Å². The molecule has 1 fully saturated rings. The van der Waals surface area contributed by atoms with Gasteiger partial charge in [-0.05, 0) is 31.0 Å². The fourth-order valence-corrected chi connectivity index (χ4v) is 2.19. The van der Waals surface area contributed by atoms with E-state index in [-0.39, 0.29) is 18.0 Å². The van der Waals surface area contributed by atoms with Gasteiger partial charge in [0.1, 0.15) is 0 Å². The SMILES string of the molecule is C[C@H](NC(=O)[C@@H]1C[C@@H](O)CN1)c1ccc(Cl)cc1. The summed E-state index contributed by atoms with van der Waals surface area (Å²) in [5.74, 6) is -0.0750. The highest BCUT2D eigenvalue weighted by Gasteiger charge is 2.28. The van der Waals surface area contributed by atoms with Crippen molar-refractivity contribution in [1.29, 1.82) is 0 Å². The van der Waals surface area contributed by atoms with E-state index in [2.05, 4.69) is 10.6 Å². The lowest BCUT2D eigenvalue weighted by Crippen LogP contribution is -2.41. The molecule has 5 heteroatoms. The molecule has 0 radical (unpaired) electrons. The van der Waals surface area contributed by atoms with Gasteiger partial charge in [-0.3, -0.25) is 4.79 Å². The van der Waals surface area contributed by atoms with Gasteiger partial charge in [0, 0.05) is 11.6 Å². The number of carbonyl (C=O) groups is 1. The second kappa shape index (κ2) is 5.69. The molecule has 1 aromatic carbocycles. The summed E-state index contributed by atoms with van der Waals surface area (Å²) >= 11 is 5.82. The zero-order chi connectivity index (χ0) is 13.1. The maximum absolute atomic E-state index is 11.9. The molecule has 4 nitrogen and oxygen atoms in total. The van der Waals surface area contributed by atoms with Crippen LogP contribution in [0, 0.1) is 0 Å². The number of hydrogen-bond donors (Lipinski definition) is 3. The molecule has 0 spiro atoms. The third-order valence-corrected chi connectivity index (χ3v) is 3.40. The van der Waals surface area contributed by atoms with Crippen LogP contribution in [0.25, 0.3) is 0 Å². The quantitative estimate of drug-likeness (QED) is 0.773. The average molecular weight is 269 g/mol. The standard InChI is InChI=1S/C13H17ClN2O2/c1-8(9-2-4-10(14)5-3-9)16-13(18)12-6-11(17)7-15-12/h2-5,8,11-12,15,17H,6-7H2,1H3,(H,16,18)/t8-,11+,12-/m0/s1. The third-order valence-electron chi connectivity index (χ3n) is 3.15. The Morgan fingerprint density at radius 1 is 1.50 bits per heavy atom. The summed E-state index contributed by atoms with van der Waals surface area (Å²) in [7, 11) is 0. The van der Waals surface area contributed by atoms with E-state index in [9.17, 15) is 9.90 Å². The van der Waals surface area contributed by atoms with Gasteiger partial charge >= 0.3 is 0 Å². The predicted octanol–water partition coefficient (Wildman–Crippen LogP) is 1.24. The second-order valence-electron chi connectivity index (χ2n) is 4.63. The van der Waals surface area contributed by atoms with Gasteiger partial charge in [0.2, 0.25) is 5.91 Å². The van der Waals surface area contributed by atoms with Crippen LogP contribution in [0.2, 0.25) is 5.02 Å². The topological polar surface area (TPSA) is 61.4 Å². The van der Waals surface area contributed by atoms with Gasteiger partial charge in [-0.15, -0.1) is 0 Å². The lowest BCUT2D eigenvalue weighted by Gasteiger charge is -2.17. The van der Waals surface area contributed by atoms with Crippen molar-refractivity contribution >= 4 is 17.5 Å². The highest BCUT2D eigenvalue weighted by molar-refractivity contribution is 6.30. The van der Waals surface area contributed by atoms with Crippen molar-refractivity contribution in [3.05, 3.63) is 34.9 Å². The van der Waals surface area contributed by atoms with Crippen LogP contribution in [0.3, 0.4) is 0 Å². The van der Waals surface area contributed by atoms with Crippen LogP contribution in [0.5, 0.6) is 0 Å². The number of benzene rings is 1. The molecule has 0 bridgehead atoms. The molecule has 3 N–H and O–H groups in total. The van der Waals surface area contributed by atoms with E-state index < -0.39 is 6.10 Å². The number of hydrogen-bond acceptors (Lipinski definition) is 3. The fraction of sp³-hybridized carbons (Fsp3) is 0.462. The van der Waals surface area contributed by atoms with Crippen molar-refractivity contribution in [2.24, 2.45) is 0 Å². The predicted molar refractivity (Wildman–Crippen MR) is 70.4 cm³/mol. The molecule has 0 saturated carbocycles. The van der Waals surface area contributed by atoms with Crippen molar-refractivity contribution in [3.63, 3.8) is 0 Å². The number of halogens is 1. The summed E-state index contributed by atoms with van der Waals surface area (Å²) < 4.78 is 0. The number of aliphatic hydroxyl groups excluding tert-OH is 1.